The van der Waals surface area contributed by atoms with Gasteiger partial charge >= 0.3 is 5.97 Å². The Balaban J connectivity index is 1.56. The second kappa shape index (κ2) is 9.52. The van der Waals surface area contributed by atoms with E-state index in [1.165, 1.54) is 6.21 Å². The molecule has 6 nitrogen and oxygen atoms in total. The predicted octanol–water partition coefficient (Wildman–Crippen LogP) is 4.33. The molecule has 0 aliphatic rings. The number of carbonyl (C=O) groups excluding carboxylic acids is 2. The van der Waals surface area contributed by atoms with Crippen LogP contribution in [0, 0.1) is 0 Å². The van der Waals surface area contributed by atoms with Crippen molar-refractivity contribution in [3.8, 4) is 11.5 Å². The molecule has 0 saturated heterocycles. The molecule has 0 unspecified atom stereocenters. The summed E-state index contributed by atoms with van der Waals surface area (Å²) in [7, 11) is 1.56. The number of hydrogen-bond acceptors (Lipinski definition) is 5. The summed E-state index contributed by atoms with van der Waals surface area (Å²) in [5.74, 6) is 0.160. The molecule has 0 heterocycles. The summed E-state index contributed by atoms with van der Waals surface area (Å²) in [5, 5.41) is 4.26. The summed E-state index contributed by atoms with van der Waals surface area (Å²) >= 11 is 5.99. The fraction of sp³-hybridized carbons (Fsp3) is 0.0455. The summed E-state index contributed by atoms with van der Waals surface area (Å²) in [5.41, 5.74) is 3.92. The number of hydrazone groups is 1. The van der Waals surface area contributed by atoms with Crippen molar-refractivity contribution in [3.05, 3.63) is 94.5 Å². The van der Waals surface area contributed by atoms with Gasteiger partial charge in [0.1, 0.15) is 11.5 Å². The first-order valence-corrected chi connectivity index (χ1v) is 8.99. The van der Waals surface area contributed by atoms with Gasteiger partial charge < -0.3 is 9.47 Å². The molecular weight excluding hydrogens is 392 g/mol. The molecule has 1 N–H and O–H groups in total. The summed E-state index contributed by atoms with van der Waals surface area (Å²) in [6.45, 7) is 0. The molecule has 0 radical (unpaired) electrons. The second-order valence-electron chi connectivity index (χ2n) is 5.87. The lowest BCUT2D eigenvalue weighted by molar-refractivity contribution is 0.0734. The average Bonchev–Trinajstić information content (AvgIpc) is 2.75. The van der Waals surface area contributed by atoms with Crippen molar-refractivity contribution in [1.29, 1.82) is 0 Å². The van der Waals surface area contributed by atoms with E-state index in [1.54, 1.807) is 79.9 Å². The van der Waals surface area contributed by atoms with E-state index in [2.05, 4.69) is 10.5 Å². The fourth-order valence-corrected chi connectivity index (χ4v) is 2.60. The molecule has 0 aromatic heterocycles. The van der Waals surface area contributed by atoms with Crippen LogP contribution in [-0.4, -0.2) is 25.2 Å². The number of benzene rings is 3. The molecule has 3 rings (SSSR count). The second-order valence-corrected chi connectivity index (χ2v) is 6.27. The normalized spacial score (nSPS) is 10.6. The minimum atomic E-state index is -0.538. The standard InChI is InChI=1S/C22H17ClN2O4/c1-28-17-12-8-16(9-13-17)21(26)25-24-14-15-6-10-18(11-7-15)29-22(27)19-4-2-3-5-20(19)23/h2-14H,1H3,(H,25,26)/b24-14-. The molecule has 7 heteroatoms. The predicted molar refractivity (Wildman–Crippen MR) is 111 cm³/mol. The van der Waals surface area contributed by atoms with Gasteiger partial charge in [0.2, 0.25) is 0 Å². The van der Waals surface area contributed by atoms with Gasteiger partial charge in [0.15, 0.2) is 0 Å². The zero-order valence-corrected chi connectivity index (χ0v) is 16.2. The van der Waals surface area contributed by atoms with E-state index >= 15 is 0 Å². The van der Waals surface area contributed by atoms with Crippen LogP contribution in [-0.2, 0) is 0 Å². The van der Waals surface area contributed by atoms with Crippen LogP contribution in [0.15, 0.2) is 77.9 Å². The van der Waals surface area contributed by atoms with Crippen LogP contribution in [0.25, 0.3) is 0 Å². The first kappa shape index (κ1) is 20.1. The van der Waals surface area contributed by atoms with Crippen LogP contribution in [0.1, 0.15) is 26.3 Å². The van der Waals surface area contributed by atoms with Gasteiger partial charge in [-0.25, -0.2) is 10.2 Å². The highest BCUT2D eigenvalue weighted by Crippen LogP contribution is 2.19. The number of hydrogen-bond donors (Lipinski definition) is 1. The topological polar surface area (TPSA) is 77.0 Å². The molecule has 1 amide bonds. The van der Waals surface area contributed by atoms with Crippen molar-refractivity contribution in [2.45, 2.75) is 0 Å². The number of rotatable bonds is 6. The van der Waals surface area contributed by atoms with E-state index in [1.807, 2.05) is 0 Å². The van der Waals surface area contributed by atoms with Crippen molar-refractivity contribution >= 4 is 29.7 Å². The number of halogens is 1. The van der Waals surface area contributed by atoms with E-state index in [4.69, 9.17) is 21.1 Å². The van der Waals surface area contributed by atoms with Gasteiger partial charge in [0.25, 0.3) is 5.91 Å². The Hall–Kier alpha value is -3.64. The van der Waals surface area contributed by atoms with Crippen molar-refractivity contribution in [3.63, 3.8) is 0 Å². The largest absolute Gasteiger partial charge is 0.497 e. The van der Waals surface area contributed by atoms with E-state index in [-0.39, 0.29) is 5.91 Å². The zero-order valence-electron chi connectivity index (χ0n) is 15.5. The fourth-order valence-electron chi connectivity index (χ4n) is 2.38. The van der Waals surface area contributed by atoms with Gasteiger partial charge in [0, 0.05) is 5.56 Å². The molecule has 0 aliphatic heterocycles. The molecule has 146 valence electrons. The molecular formula is C22H17ClN2O4. The van der Waals surface area contributed by atoms with E-state index in [0.717, 1.165) is 5.56 Å². The highest BCUT2D eigenvalue weighted by atomic mass is 35.5. The van der Waals surface area contributed by atoms with Gasteiger partial charge in [-0.15, -0.1) is 0 Å². The lowest BCUT2D eigenvalue weighted by atomic mass is 10.2. The number of ether oxygens (including phenoxy) is 2. The van der Waals surface area contributed by atoms with Crippen molar-refractivity contribution in [2.24, 2.45) is 5.10 Å². The van der Waals surface area contributed by atoms with Crippen LogP contribution in [0.2, 0.25) is 5.02 Å². The molecule has 3 aromatic carbocycles. The van der Waals surface area contributed by atoms with E-state index < -0.39 is 5.97 Å². The minimum Gasteiger partial charge on any atom is -0.497 e. The molecule has 0 bridgehead atoms. The van der Waals surface area contributed by atoms with Crippen LogP contribution in [0.3, 0.4) is 0 Å². The summed E-state index contributed by atoms with van der Waals surface area (Å²) in [6.07, 6.45) is 1.49. The van der Waals surface area contributed by atoms with E-state index in [9.17, 15) is 9.59 Å². The zero-order chi connectivity index (χ0) is 20.6. The maximum atomic E-state index is 12.2. The third-order valence-electron chi connectivity index (χ3n) is 3.92. The van der Waals surface area contributed by atoms with Gasteiger partial charge in [0.05, 0.1) is 23.9 Å². The Morgan fingerprint density at radius 2 is 1.59 bits per heavy atom. The first-order valence-electron chi connectivity index (χ1n) is 8.61. The van der Waals surface area contributed by atoms with Crippen LogP contribution >= 0.6 is 11.6 Å². The van der Waals surface area contributed by atoms with Crippen molar-refractivity contribution in [1.82, 2.24) is 5.43 Å². The van der Waals surface area contributed by atoms with Crippen molar-refractivity contribution in [2.75, 3.05) is 7.11 Å². The summed E-state index contributed by atoms with van der Waals surface area (Å²) in [6, 6.07) is 20.0. The highest BCUT2D eigenvalue weighted by Gasteiger charge is 2.12. The Morgan fingerprint density at radius 1 is 0.931 bits per heavy atom. The lowest BCUT2D eigenvalue weighted by Gasteiger charge is -2.06. The van der Waals surface area contributed by atoms with Gasteiger partial charge in [-0.05, 0) is 66.2 Å². The molecule has 0 fully saturated rings. The van der Waals surface area contributed by atoms with Gasteiger partial charge in [-0.1, -0.05) is 23.7 Å². The maximum Gasteiger partial charge on any atom is 0.345 e. The Bertz CT molecular complexity index is 1030. The van der Waals surface area contributed by atoms with Gasteiger partial charge in [-0.3, -0.25) is 4.79 Å². The SMILES string of the molecule is COc1ccc(C(=O)N/N=C\c2ccc(OC(=O)c3ccccc3Cl)cc2)cc1. The third-order valence-corrected chi connectivity index (χ3v) is 4.25. The number of amides is 1. The molecule has 3 aromatic rings. The Kier molecular flexibility index (Phi) is 6.60. The quantitative estimate of drug-likeness (QED) is 0.285. The van der Waals surface area contributed by atoms with Gasteiger partial charge in [-0.2, -0.15) is 5.10 Å². The number of nitrogens with one attached hydrogen (secondary N) is 1. The number of methoxy groups -OCH3 is 1. The van der Waals surface area contributed by atoms with Crippen LogP contribution < -0.4 is 14.9 Å². The molecule has 0 aliphatic carbocycles. The molecule has 0 atom stereocenters. The number of carbonyl (C=O) groups is 2. The van der Waals surface area contributed by atoms with Crippen LogP contribution in [0.5, 0.6) is 11.5 Å². The number of nitrogens with zero attached hydrogens (tertiary/aromatic N) is 1. The smallest absolute Gasteiger partial charge is 0.345 e. The minimum absolute atomic E-state index is 0.293. The number of esters is 1. The summed E-state index contributed by atoms with van der Waals surface area (Å²) < 4.78 is 10.4. The molecule has 0 saturated carbocycles. The monoisotopic (exact) mass is 408 g/mol. The average molecular weight is 409 g/mol. The summed E-state index contributed by atoms with van der Waals surface area (Å²) in [4.78, 5) is 24.2. The first-order chi connectivity index (χ1) is 14.1. The Labute approximate surface area is 172 Å². The maximum absolute atomic E-state index is 12.2. The molecule has 29 heavy (non-hydrogen) atoms. The van der Waals surface area contributed by atoms with E-state index in [0.29, 0.717) is 27.6 Å². The third kappa shape index (κ3) is 5.43. The highest BCUT2D eigenvalue weighted by molar-refractivity contribution is 6.33. The Morgan fingerprint density at radius 3 is 2.24 bits per heavy atom. The molecule has 0 spiro atoms. The van der Waals surface area contributed by atoms with Crippen molar-refractivity contribution < 1.29 is 19.1 Å². The van der Waals surface area contributed by atoms with Crippen LogP contribution in [0.4, 0.5) is 0 Å². The lowest BCUT2D eigenvalue weighted by Crippen LogP contribution is -2.17.